The van der Waals surface area contributed by atoms with Gasteiger partial charge in [-0.1, -0.05) is 15.9 Å². The maximum atomic E-state index is 11.4. The van der Waals surface area contributed by atoms with E-state index in [1.165, 1.54) is 6.07 Å². The molecule has 1 aromatic rings. The molecule has 0 fully saturated rings. The highest BCUT2D eigenvalue weighted by Gasteiger charge is 2.10. The number of anilines is 1. The number of hydrogen-bond donors (Lipinski definition) is 3. The van der Waals surface area contributed by atoms with Gasteiger partial charge in [-0.3, -0.25) is 9.63 Å². The molecule has 0 radical (unpaired) electrons. The second-order valence-corrected chi connectivity index (χ2v) is 3.76. The number of aliphatic carboxylic acids is 1. The molecule has 1 rings (SSSR count). The van der Waals surface area contributed by atoms with Crippen LogP contribution in [0.3, 0.4) is 0 Å². The van der Waals surface area contributed by atoms with Crippen molar-refractivity contribution in [1.29, 1.82) is 0 Å². The van der Waals surface area contributed by atoms with Crippen molar-refractivity contribution in [3.8, 4) is 0 Å². The molecule has 0 aliphatic heterocycles. The third-order valence-corrected chi connectivity index (χ3v) is 2.11. The van der Waals surface area contributed by atoms with Gasteiger partial charge >= 0.3 is 5.97 Å². The van der Waals surface area contributed by atoms with Crippen LogP contribution in [0.4, 0.5) is 5.69 Å². The molecular formula is C9H9BrN2O4. The Kier molecular flexibility index (Phi) is 4.27. The second-order valence-electron chi connectivity index (χ2n) is 2.85. The Bertz CT molecular complexity index is 422. The number of carbonyl (C=O) groups excluding carboxylic acids is 1. The SMILES string of the molecule is Nc1cc(Br)ccc1C(=O)NOCC(=O)O. The van der Waals surface area contributed by atoms with Crippen molar-refractivity contribution in [2.45, 2.75) is 0 Å². The zero-order valence-electron chi connectivity index (χ0n) is 8.07. The fourth-order valence-electron chi connectivity index (χ4n) is 0.959. The average Bonchev–Trinajstić information content (AvgIpc) is 2.16. The lowest BCUT2D eigenvalue weighted by molar-refractivity contribution is -0.144. The first-order valence-corrected chi connectivity index (χ1v) is 4.99. The van der Waals surface area contributed by atoms with Crippen LogP contribution in [-0.4, -0.2) is 23.6 Å². The Labute approximate surface area is 99.5 Å². The molecule has 4 N–H and O–H groups in total. The molecular weight excluding hydrogens is 280 g/mol. The Morgan fingerprint density at radius 2 is 2.19 bits per heavy atom. The molecule has 7 heteroatoms. The minimum atomic E-state index is -1.18. The monoisotopic (exact) mass is 288 g/mol. The van der Waals surface area contributed by atoms with Crippen LogP contribution in [0.25, 0.3) is 0 Å². The fraction of sp³-hybridized carbons (Fsp3) is 0.111. The topological polar surface area (TPSA) is 102 Å². The standard InChI is InChI=1S/C9H9BrN2O4/c10-5-1-2-6(7(11)3-5)9(15)12-16-4-8(13)14/h1-3H,4,11H2,(H,12,15)(H,13,14). The normalized spacial score (nSPS) is 9.81. The first kappa shape index (κ1) is 12.5. The maximum Gasteiger partial charge on any atom is 0.332 e. The van der Waals surface area contributed by atoms with Crippen molar-refractivity contribution < 1.29 is 19.5 Å². The summed E-state index contributed by atoms with van der Waals surface area (Å²) >= 11 is 3.20. The number of hydrogen-bond acceptors (Lipinski definition) is 4. The van der Waals surface area contributed by atoms with Crippen LogP contribution in [0.15, 0.2) is 22.7 Å². The van der Waals surface area contributed by atoms with E-state index in [0.717, 1.165) is 4.47 Å². The highest BCUT2D eigenvalue weighted by Crippen LogP contribution is 2.18. The highest BCUT2D eigenvalue weighted by atomic mass is 79.9. The largest absolute Gasteiger partial charge is 0.479 e. The number of nitrogens with two attached hydrogens (primary N) is 1. The van der Waals surface area contributed by atoms with E-state index < -0.39 is 18.5 Å². The van der Waals surface area contributed by atoms with Crippen molar-refractivity contribution in [3.05, 3.63) is 28.2 Å². The molecule has 0 aliphatic carbocycles. The minimum Gasteiger partial charge on any atom is -0.479 e. The van der Waals surface area contributed by atoms with Crippen molar-refractivity contribution in [2.24, 2.45) is 0 Å². The maximum absolute atomic E-state index is 11.4. The summed E-state index contributed by atoms with van der Waals surface area (Å²) in [6.07, 6.45) is 0. The molecule has 86 valence electrons. The molecule has 16 heavy (non-hydrogen) atoms. The number of halogens is 1. The quantitative estimate of drug-likeness (QED) is 0.561. The summed E-state index contributed by atoms with van der Waals surface area (Å²) in [6, 6.07) is 4.70. The van der Waals surface area contributed by atoms with Crippen molar-refractivity contribution in [3.63, 3.8) is 0 Å². The summed E-state index contributed by atoms with van der Waals surface area (Å²) < 4.78 is 0.744. The number of hydroxylamine groups is 1. The van der Waals surface area contributed by atoms with Gasteiger partial charge in [-0.05, 0) is 18.2 Å². The van der Waals surface area contributed by atoms with Gasteiger partial charge in [-0.25, -0.2) is 10.3 Å². The van der Waals surface area contributed by atoms with Gasteiger partial charge in [0.15, 0.2) is 6.61 Å². The summed E-state index contributed by atoms with van der Waals surface area (Å²) in [5.74, 6) is -1.77. The number of carboxylic acid groups (broad SMARTS) is 1. The molecule has 0 spiro atoms. The summed E-state index contributed by atoms with van der Waals surface area (Å²) in [6.45, 7) is -0.609. The van der Waals surface area contributed by atoms with Gasteiger partial charge in [0.2, 0.25) is 0 Å². The molecule has 1 amide bonds. The summed E-state index contributed by atoms with van der Waals surface area (Å²) in [7, 11) is 0. The van der Waals surface area contributed by atoms with Gasteiger partial charge < -0.3 is 10.8 Å². The number of amides is 1. The van der Waals surface area contributed by atoms with E-state index >= 15 is 0 Å². The van der Waals surface area contributed by atoms with Crippen molar-refractivity contribution in [1.82, 2.24) is 5.48 Å². The van der Waals surface area contributed by atoms with E-state index in [0.29, 0.717) is 0 Å². The van der Waals surface area contributed by atoms with Gasteiger partial charge in [0.05, 0.1) is 5.56 Å². The second kappa shape index (κ2) is 5.47. The predicted octanol–water partition coefficient (Wildman–Crippen LogP) is 0.777. The Morgan fingerprint density at radius 3 is 2.75 bits per heavy atom. The van der Waals surface area contributed by atoms with Gasteiger partial charge in [0.25, 0.3) is 5.91 Å². The first-order valence-electron chi connectivity index (χ1n) is 4.19. The van der Waals surface area contributed by atoms with E-state index in [-0.39, 0.29) is 11.3 Å². The van der Waals surface area contributed by atoms with Gasteiger partial charge in [0, 0.05) is 10.2 Å². The van der Waals surface area contributed by atoms with Crippen LogP contribution in [0.1, 0.15) is 10.4 Å². The van der Waals surface area contributed by atoms with Crippen LogP contribution in [0.5, 0.6) is 0 Å². The number of nitrogens with one attached hydrogen (secondary N) is 1. The van der Waals surface area contributed by atoms with E-state index in [4.69, 9.17) is 10.8 Å². The Balaban J connectivity index is 2.63. The van der Waals surface area contributed by atoms with Gasteiger partial charge in [-0.15, -0.1) is 0 Å². The predicted molar refractivity (Wildman–Crippen MR) is 59.6 cm³/mol. The third kappa shape index (κ3) is 3.52. The molecule has 0 saturated heterocycles. The lowest BCUT2D eigenvalue weighted by atomic mass is 10.2. The molecule has 1 aromatic carbocycles. The molecule has 0 aromatic heterocycles. The Morgan fingerprint density at radius 1 is 1.50 bits per heavy atom. The number of nitrogen functional groups attached to an aromatic ring is 1. The molecule has 0 heterocycles. The summed E-state index contributed by atoms with van der Waals surface area (Å²) in [4.78, 5) is 26.0. The minimum absolute atomic E-state index is 0.216. The zero-order valence-corrected chi connectivity index (χ0v) is 9.65. The molecule has 0 bridgehead atoms. The smallest absolute Gasteiger partial charge is 0.332 e. The lowest BCUT2D eigenvalue weighted by Crippen LogP contribution is -2.27. The van der Waals surface area contributed by atoms with Gasteiger partial charge in [-0.2, -0.15) is 0 Å². The number of carbonyl (C=O) groups is 2. The Hall–Kier alpha value is -1.60. The molecule has 0 saturated carbocycles. The van der Waals surface area contributed by atoms with E-state index in [1.807, 2.05) is 5.48 Å². The van der Waals surface area contributed by atoms with Gasteiger partial charge in [0.1, 0.15) is 0 Å². The van der Waals surface area contributed by atoms with Crippen molar-refractivity contribution in [2.75, 3.05) is 12.3 Å². The zero-order chi connectivity index (χ0) is 12.1. The molecule has 0 atom stereocenters. The highest BCUT2D eigenvalue weighted by molar-refractivity contribution is 9.10. The van der Waals surface area contributed by atoms with Crippen molar-refractivity contribution >= 4 is 33.5 Å². The van der Waals surface area contributed by atoms with Crippen LogP contribution in [-0.2, 0) is 9.63 Å². The summed E-state index contributed by atoms with van der Waals surface area (Å²) in [5, 5.41) is 8.28. The average molecular weight is 289 g/mol. The molecule has 6 nitrogen and oxygen atoms in total. The number of benzene rings is 1. The van der Waals surface area contributed by atoms with E-state index in [9.17, 15) is 9.59 Å². The molecule has 0 aliphatic rings. The van der Waals surface area contributed by atoms with Crippen LogP contribution in [0, 0.1) is 0 Å². The number of rotatable bonds is 4. The fourth-order valence-corrected chi connectivity index (χ4v) is 1.34. The first-order chi connectivity index (χ1) is 7.50. The number of carboxylic acids is 1. The summed E-state index contributed by atoms with van der Waals surface area (Å²) in [5.41, 5.74) is 8.05. The van der Waals surface area contributed by atoms with Crippen LogP contribution >= 0.6 is 15.9 Å². The molecule has 0 unspecified atom stereocenters. The van der Waals surface area contributed by atoms with E-state index in [1.54, 1.807) is 12.1 Å². The van der Waals surface area contributed by atoms with Crippen LogP contribution in [0.2, 0.25) is 0 Å². The van der Waals surface area contributed by atoms with Crippen LogP contribution < -0.4 is 11.2 Å². The lowest BCUT2D eigenvalue weighted by Gasteiger charge is -2.06. The third-order valence-electron chi connectivity index (χ3n) is 1.62. The van der Waals surface area contributed by atoms with E-state index in [2.05, 4.69) is 20.8 Å².